The highest BCUT2D eigenvalue weighted by atomic mass is 32.2. The zero-order valence-corrected chi connectivity index (χ0v) is 13.2. The Morgan fingerprint density at radius 2 is 1.81 bits per heavy atom. The Kier molecular flexibility index (Phi) is 5.17. The van der Waals surface area contributed by atoms with Crippen molar-refractivity contribution >= 4 is 23.9 Å². The quantitative estimate of drug-likeness (QED) is 0.530. The molecule has 0 bridgehead atoms. The van der Waals surface area contributed by atoms with Crippen LogP contribution in [0.4, 0.5) is 0 Å². The highest BCUT2D eigenvalue weighted by molar-refractivity contribution is 7.98. The molecule has 108 valence electrons. The van der Waals surface area contributed by atoms with Gasteiger partial charge < -0.3 is 0 Å². The molecule has 1 amide bonds. The van der Waals surface area contributed by atoms with E-state index in [9.17, 15) is 4.79 Å². The van der Waals surface area contributed by atoms with Crippen molar-refractivity contribution in [2.24, 2.45) is 5.10 Å². The molecule has 4 heteroatoms. The van der Waals surface area contributed by atoms with Crippen LogP contribution in [0, 0.1) is 13.8 Å². The van der Waals surface area contributed by atoms with E-state index in [-0.39, 0.29) is 5.91 Å². The summed E-state index contributed by atoms with van der Waals surface area (Å²) in [6.45, 7) is 4.01. The summed E-state index contributed by atoms with van der Waals surface area (Å²) in [5, 5.41) is 3.99. The number of carbonyl (C=O) groups excluding carboxylic acids is 1. The Labute approximate surface area is 129 Å². The SMILES string of the molecule is CSc1ccc(/C=N/NC(=O)c2ccc(C)c(C)c2)cc1. The highest BCUT2D eigenvalue weighted by Crippen LogP contribution is 2.14. The molecular formula is C17H18N2OS. The molecule has 2 aromatic rings. The fraction of sp³-hybridized carbons (Fsp3) is 0.176. The summed E-state index contributed by atoms with van der Waals surface area (Å²) in [7, 11) is 0. The average Bonchev–Trinajstić information content (AvgIpc) is 2.50. The molecule has 0 saturated carbocycles. The van der Waals surface area contributed by atoms with E-state index in [0.29, 0.717) is 5.56 Å². The lowest BCUT2D eigenvalue weighted by Gasteiger charge is -2.03. The van der Waals surface area contributed by atoms with Crippen molar-refractivity contribution in [2.75, 3.05) is 6.26 Å². The van der Waals surface area contributed by atoms with Crippen molar-refractivity contribution < 1.29 is 4.79 Å². The molecule has 0 spiro atoms. The van der Waals surface area contributed by atoms with Gasteiger partial charge in [0.15, 0.2) is 0 Å². The van der Waals surface area contributed by atoms with Crippen LogP contribution in [0.3, 0.4) is 0 Å². The summed E-state index contributed by atoms with van der Waals surface area (Å²) in [5.41, 5.74) is 6.39. The Morgan fingerprint density at radius 3 is 2.43 bits per heavy atom. The number of rotatable bonds is 4. The number of hydrazone groups is 1. The maximum Gasteiger partial charge on any atom is 0.271 e. The van der Waals surface area contributed by atoms with Crippen molar-refractivity contribution in [2.45, 2.75) is 18.7 Å². The molecule has 0 aliphatic heterocycles. The predicted molar refractivity (Wildman–Crippen MR) is 89.2 cm³/mol. The molecule has 2 rings (SSSR count). The van der Waals surface area contributed by atoms with Gasteiger partial charge in [0.25, 0.3) is 5.91 Å². The average molecular weight is 298 g/mol. The summed E-state index contributed by atoms with van der Waals surface area (Å²) in [4.78, 5) is 13.2. The minimum absolute atomic E-state index is 0.199. The Bertz CT molecular complexity index is 663. The van der Waals surface area contributed by atoms with E-state index in [1.165, 1.54) is 10.5 Å². The summed E-state index contributed by atoms with van der Waals surface area (Å²) in [5.74, 6) is -0.199. The smallest absolute Gasteiger partial charge is 0.267 e. The van der Waals surface area contributed by atoms with E-state index < -0.39 is 0 Å². The maximum absolute atomic E-state index is 12.0. The molecule has 21 heavy (non-hydrogen) atoms. The molecule has 0 fully saturated rings. The van der Waals surface area contributed by atoms with Gasteiger partial charge in [0.1, 0.15) is 0 Å². The van der Waals surface area contributed by atoms with Crippen LogP contribution in [0.2, 0.25) is 0 Å². The predicted octanol–water partition coefficient (Wildman–Crippen LogP) is 3.79. The summed E-state index contributed by atoms with van der Waals surface area (Å²) >= 11 is 1.69. The van der Waals surface area contributed by atoms with Crippen LogP contribution in [0.25, 0.3) is 0 Å². The van der Waals surface area contributed by atoms with Gasteiger partial charge in [0.05, 0.1) is 6.21 Å². The first-order chi connectivity index (χ1) is 10.1. The minimum Gasteiger partial charge on any atom is -0.267 e. The second-order valence-corrected chi connectivity index (χ2v) is 5.65. The second kappa shape index (κ2) is 7.09. The van der Waals surface area contributed by atoms with E-state index >= 15 is 0 Å². The van der Waals surface area contributed by atoms with Gasteiger partial charge in [-0.2, -0.15) is 5.10 Å². The number of hydrogen-bond acceptors (Lipinski definition) is 3. The van der Waals surface area contributed by atoms with Crippen LogP contribution in [-0.4, -0.2) is 18.4 Å². The molecular weight excluding hydrogens is 280 g/mol. The zero-order valence-electron chi connectivity index (χ0n) is 12.4. The molecule has 0 heterocycles. The first-order valence-corrected chi connectivity index (χ1v) is 7.87. The van der Waals surface area contributed by atoms with Crippen molar-refractivity contribution in [3.63, 3.8) is 0 Å². The third-order valence-corrected chi connectivity index (χ3v) is 4.01. The topological polar surface area (TPSA) is 41.5 Å². The van der Waals surface area contributed by atoms with Gasteiger partial charge in [0, 0.05) is 10.5 Å². The monoisotopic (exact) mass is 298 g/mol. The van der Waals surface area contributed by atoms with Gasteiger partial charge in [-0.15, -0.1) is 11.8 Å². The number of nitrogens with zero attached hydrogens (tertiary/aromatic N) is 1. The molecule has 0 aromatic heterocycles. The number of hydrogen-bond donors (Lipinski definition) is 1. The number of carbonyl (C=O) groups is 1. The Morgan fingerprint density at radius 1 is 1.10 bits per heavy atom. The van der Waals surface area contributed by atoms with E-state index in [4.69, 9.17) is 0 Å². The van der Waals surface area contributed by atoms with E-state index in [1.54, 1.807) is 24.0 Å². The molecule has 0 aliphatic rings. The molecule has 0 atom stereocenters. The van der Waals surface area contributed by atoms with Gasteiger partial charge in [-0.05, 0) is 61.1 Å². The first kappa shape index (κ1) is 15.3. The van der Waals surface area contributed by atoms with Gasteiger partial charge >= 0.3 is 0 Å². The molecule has 1 N–H and O–H groups in total. The lowest BCUT2D eigenvalue weighted by molar-refractivity contribution is 0.0955. The van der Waals surface area contributed by atoms with Crippen LogP contribution in [-0.2, 0) is 0 Å². The van der Waals surface area contributed by atoms with Gasteiger partial charge in [-0.1, -0.05) is 18.2 Å². The maximum atomic E-state index is 12.0. The molecule has 0 radical (unpaired) electrons. The van der Waals surface area contributed by atoms with Crippen molar-refractivity contribution in [1.82, 2.24) is 5.43 Å². The van der Waals surface area contributed by atoms with Crippen LogP contribution in [0.5, 0.6) is 0 Å². The van der Waals surface area contributed by atoms with Crippen LogP contribution < -0.4 is 5.43 Å². The first-order valence-electron chi connectivity index (χ1n) is 6.65. The van der Waals surface area contributed by atoms with Crippen molar-refractivity contribution in [1.29, 1.82) is 0 Å². The van der Waals surface area contributed by atoms with Crippen LogP contribution >= 0.6 is 11.8 Å². The molecule has 3 nitrogen and oxygen atoms in total. The third-order valence-electron chi connectivity index (χ3n) is 3.26. The zero-order chi connectivity index (χ0) is 15.2. The van der Waals surface area contributed by atoms with Crippen LogP contribution in [0.1, 0.15) is 27.0 Å². The highest BCUT2D eigenvalue weighted by Gasteiger charge is 2.04. The third kappa shape index (κ3) is 4.20. The van der Waals surface area contributed by atoms with Crippen molar-refractivity contribution in [3.05, 3.63) is 64.7 Å². The molecule has 0 aliphatic carbocycles. The van der Waals surface area contributed by atoms with Crippen LogP contribution in [0.15, 0.2) is 52.5 Å². The largest absolute Gasteiger partial charge is 0.271 e. The minimum atomic E-state index is -0.199. The summed E-state index contributed by atoms with van der Waals surface area (Å²) in [6.07, 6.45) is 3.68. The van der Waals surface area contributed by atoms with Gasteiger partial charge in [-0.25, -0.2) is 5.43 Å². The number of amides is 1. The fourth-order valence-electron chi connectivity index (χ4n) is 1.80. The van der Waals surface area contributed by atoms with E-state index in [2.05, 4.69) is 10.5 Å². The fourth-order valence-corrected chi connectivity index (χ4v) is 2.21. The Balaban J connectivity index is 1.99. The van der Waals surface area contributed by atoms with E-state index in [0.717, 1.165) is 11.1 Å². The van der Waals surface area contributed by atoms with Gasteiger partial charge in [-0.3, -0.25) is 4.79 Å². The molecule has 2 aromatic carbocycles. The number of aryl methyl sites for hydroxylation is 2. The molecule has 0 saturated heterocycles. The Hall–Kier alpha value is -2.07. The molecule has 0 unspecified atom stereocenters. The normalized spacial score (nSPS) is 10.8. The summed E-state index contributed by atoms with van der Waals surface area (Å²) in [6, 6.07) is 13.6. The lowest BCUT2D eigenvalue weighted by Crippen LogP contribution is -2.17. The van der Waals surface area contributed by atoms with E-state index in [1.807, 2.05) is 56.5 Å². The van der Waals surface area contributed by atoms with Gasteiger partial charge in [0.2, 0.25) is 0 Å². The number of thioether (sulfide) groups is 1. The number of benzene rings is 2. The van der Waals surface area contributed by atoms with Crippen molar-refractivity contribution in [3.8, 4) is 0 Å². The second-order valence-electron chi connectivity index (χ2n) is 4.77. The standard InChI is InChI=1S/C17H18N2OS/c1-12-4-7-15(10-13(12)2)17(20)19-18-11-14-5-8-16(21-3)9-6-14/h4-11H,1-3H3,(H,19,20)/b18-11+. The number of nitrogens with one attached hydrogen (secondary N) is 1. The lowest BCUT2D eigenvalue weighted by atomic mass is 10.1. The summed E-state index contributed by atoms with van der Waals surface area (Å²) < 4.78 is 0.